The summed E-state index contributed by atoms with van der Waals surface area (Å²) in [6.07, 6.45) is 2.66. The summed E-state index contributed by atoms with van der Waals surface area (Å²) in [6.45, 7) is 6.25. The lowest BCUT2D eigenvalue weighted by Gasteiger charge is -2.15. The van der Waals surface area contributed by atoms with E-state index in [-0.39, 0.29) is 4.83 Å². The Hall–Kier alpha value is -1.22. The number of halogens is 1. The van der Waals surface area contributed by atoms with Gasteiger partial charge in [-0.15, -0.1) is 0 Å². The van der Waals surface area contributed by atoms with E-state index in [1.54, 1.807) is 13.4 Å². The molecule has 1 atom stereocenters. The van der Waals surface area contributed by atoms with E-state index in [9.17, 15) is 0 Å². The van der Waals surface area contributed by atoms with Gasteiger partial charge >= 0.3 is 0 Å². The summed E-state index contributed by atoms with van der Waals surface area (Å²) in [5.74, 6) is 2.00. The second-order valence-electron chi connectivity index (χ2n) is 4.70. The summed E-state index contributed by atoms with van der Waals surface area (Å²) in [4.78, 5) is 0.157. The molecule has 0 spiro atoms. The van der Waals surface area contributed by atoms with Crippen LogP contribution in [0.2, 0.25) is 0 Å². The first-order valence-corrected chi connectivity index (χ1v) is 7.35. The highest BCUT2D eigenvalue weighted by Crippen LogP contribution is 2.37. The van der Waals surface area contributed by atoms with E-state index >= 15 is 0 Å². The molecule has 0 bridgehead atoms. The molecule has 2 rings (SSSR count). The monoisotopic (exact) mass is 322 g/mol. The first kappa shape index (κ1) is 14.2. The summed E-state index contributed by atoms with van der Waals surface area (Å²) in [5.41, 5.74) is 4.74. The van der Waals surface area contributed by atoms with Crippen molar-refractivity contribution in [3.63, 3.8) is 0 Å². The lowest BCUT2D eigenvalue weighted by molar-refractivity contribution is 0.408. The topological polar surface area (TPSA) is 22.4 Å². The normalized spacial score (nSPS) is 12.5. The molecule has 0 saturated heterocycles. The highest BCUT2D eigenvalue weighted by molar-refractivity contribution is 9.09. The zero-order chi connectivity index (χ0) is 14.0. The van der Waals surface area contributed by atoms with Gasteiger partial charge < -0.3 is 9.15 Å². The molecule has 0 aliphatic heterocycles. The van der Waals surface area contributed by atoms with E-state index in [1.807, 2.05) is 6.07 Å². The van der Waals surface area contributed by atoms with Gasteiger partial charge in [0.1, 0.15) is 11.5 Å². The molecule has 0 aliphatic carbocycles. The third kappa shape index (κ3) is 2.71. The van der Waals surface area contributed by atoms with Gasteiger partial charge in [0.15, 0.2) is 0 Å². The summed E-state index contributed by atoms with van der Waals surface area (Å²) in [5, 5.41) is 0. The number of methoxy groups -OCH3 is 1. The zero-order valence-electron chi connectivity index (χ0n) is 11.8. The van der Waals surface area contributed by atoms with E-state index in [4.69, 9.17) is 9.15 Å². The Balaban J connectivity index is 2.42. The smallest absolute Gasteiger partial charge is 0.124 e. The Morgan fingerprint density at radius 2 is 1.89 bits per heavy atom. The lowest BCUT2D eigenvalue weighted by Crippen LogP contribution is -1.98. The van der Waals surface area contributed by atoms with Crippen molar-refractivity contribution in [2.75, 3.05) is 7.11 Å². The molecule has 1 heterocycles. The van der Waals surface area contributed by atoms with Crippen molar-refractivity contribution >= 4 is 15.9 Å². The van der Waals surface area contributed by atoms with E-state index in [0.717, 1.165) is 29.1 Å². The summed E-state index contributed by atoms with van der Waals surface area (Å²) >= 11 is 3.78. The number of hydrogen-bond acceptors (Lipinski definition) is 2. The van der Waals surface area contributed by atoms with Crippen molar-refractivity contribution in [1.29, 1.82) is 0 Å². The molecular formula is C16H19BrO2. The molecule has 19 heavy (non-hydrogen) atoms. The Morgan fingerprint density at radius 1 is 1.26 bits per heavy atom. The van der Waals surface area contributed by atoms with Gasteiger partial charge in [-0.2, -0.15) is 0 Å². The molecule has 0 aliphatic rings. The van der Waals surface area contributed by atoms with Gasteiger partial charge in [0.2, 0.25) is 0 Å². The molecule has 0 radical (unpaired) electrons. The van der Waals surface area contributed by atoms with Crippen LogP contribution >= 0.6 is 15.9 Å². The van der Waals surface area contributed by atoms with Gasteiger partial charge in [0.25, 0.3) is 0 Å². The average molecular weight is 323 g/mol. The maximum absolute atomic E-state index is 5.51. The second-order valence-corrected chi connectivity index (χ2v) is 5.62. The van der Waals surface area contributed by atoms with Crippen LogP contribution in [0.1, 0.15) is 39.8 Å². The highest BCUT2D eigenvalue weighted by Gasteiger charge is 2.18. The minimum atomic E-state index is 0.157. The Kier molecular flexibility index (Phi) is 4.35. The van der Waals surface area contributed by atoms with Crippen LogP contribution in [0.15, 0.2) is 28.9 Å². The Morgan fingerprint density at radius 3 is 2.42 bits per heavy atom. The number of aryl methyl sites for hydroxylation is 3. The lowest BCUT2D eigenvalue weighted by atomic mass is 9.99. The number of rotatable bonds is 4. The quantitative estimate of drug-likeness (QED) is 0.743. The van der Waals surface area contributed by atoms with Crippen LogP contribution < -0.4 is 4.74 Å². The summed E-state index contributed by atoms with van der Waals surface area (Å²) in [7, 11) is 1.71. The van der Waals surface area contributed by atoms with E-state index < -0.39 is 0 Å². The van der Waals surface area contributed by atoms with Crippen molar-refractivity contribution in [3.8, 4) is 5.75 Å². The fourth-order valence-electron chi connectivity index (χ4n) is 2.50. The van der Waals surface area contributed by atoms with Gasteiger partial charge in [0.05, 0.1) is 18.2 Å². The van der Waals surface area contributed by atoms with Crippen molar-refractivity contribution in [2.24, 2.45) is 0 Å². The zero-order valence-corrected chi connectivity index (χ0v) is 13.4. The number of alkyl halides is 1. The van der Waals surface area contributed by atoms with E-state index in [2.05, 4.69) is 48.8 Å². The van der Waals surface area contributed by atoms with Gasteiger partial charge in [-0.25, -0.2) is 0 Å². The molecular weight excluding hydrogens is 304 g/mol. The van der Waals surface area contributed by atoms with Crippen molar-refractivity contribution < 1.29 is 9.15 Å². The Bertz CT molecular complexity index is 549. The third-order valence-electron chi connectivity index (χ3n) is 3.35. The molecule has 1 aromatic heterocycles. The standard InChI is InChI=1S/C16H19BrO2/c1-5-14-13(6-7-19-14)15(17)12-8-10(2)16(18-4)11(3)9-12/h6-9,15H,5H2,1-4H3. The maximum atomic E-state index is 5.51. The molecule has 0 fully saturated rings. The highest BCUT2D eigenvalue weighted by atomic mass is 79.9. The Labute approximate surface area is 122 Å². The average Bonchev–Trinajstić information content (AvgIpc) is 2.85. The van der Waals surface area contributed by atoms with Crippen LogP contribution in [0.3, 0.4) is 0 Å². The first-order valence-electron chi connectivity index (χ1n) is 6.44. The minimum Gasteiger partial charge on any atom is -0.496 e. The molecule has 102 valence electrons. The molecule has 0 saturated carbocycles. The van der Waals surface area contributed by atoms with Gasteiger partial charge in [-0.3, -0.25) is 0 Å². The molecule has 2 nitrogen and oxygen atoms in total. The van der Waals surface area contributed by atoms with Crippen LogP contribution in [-0.2, 0) is 6.42 Å². The van der Waals surface area contributed by atoms with E-state index in [0.29, 0.717) is 0 Å². The van der Waals surface area contributed by atoms with Gasteiger partial charge in [0, 0.05) is 12.0 Å². The number of ether oxygens (including phenoxy) is 1. The number of benzene rings is 1. The van der Waals surface area contributed by atoms with E-state index in [1.165, 1.54) is 11.1 Å². The minimum absolute atomic E-state index is 0.157. The molecule has 1 aromatic carbocycles. The fraction of sp³-hybridized carbons (Fsp3) is 0.375. The second kappa shape index (κ2) is 5.83. The number of furan rings is 1. The van der Waals surface area contributed by atoms with Crippen LogP contribution in [0.4, 0.5) is 0 Å². The van der Waals surface area contributed by atoms with Crippen LogP contribution in [0.25, 0.3) is 0 Å². The number of hydrogen-bond donors (Lipinski definition) is 0. The molecule has 2 aromatic rings. The largest absolute Gasteiger partial charge is 0.496 e. The van der Waals surface area contributed by atoms with Crippen molar-refractivity contribution in [2.45, 2.75) is 32.0 Å². The first-order chi connectivity index (χ1) is 9.08. The fourth-order valence-corrected chi connectivity index (χ4v) is 3.17. The van der Waals surface area contributed by atoms with Crippen LogP contribution in [0, 0.1) is 13.8 Å². The molecule has 0 N–H and O–H groups in total. The van der Waals surface area contributed by atoms with Crippen LogP contribution in [-0.4, -0.2) is 7.11 Å². The molecule has 0 amide bonds. The maximum Gasteiger partial charge on any atom is 0.124 e. The molecule has 1 unspecified atom stereocenters. The van der Waals surface area contributed by atoms with Gasteiger partial charge in [-0.1, -0.05) is 35.0 Å². The SMILES string of the molecule is CCc1occc1C(Br)c1cc(C)c(OC)c(C)c1. The third-order valence-corrected chi connectivity index (χ3v) is 4.38. The molecule has 3 heteroatoms. The summed E-state index contributed by atoms with van der Waals surface area (Å²) < 4.78 is 10.9. The predicted octanol–water partition coefficient (Wildman–Crippen LogP) is 4.95. The van der Waals surface area contributed by atoms with Crippen LogP contribution in [0.5, 0.6) is 5.75 Å². The predicted molar refractivity (Wildman–Crippen MR) is 81.3 cm³/mol. The summed E-state index contributed by atoms with van der Waals surface area (Å²) in [6, 6.07) is 6.36. The van der Waals surface area contributed by atoms with Crippen molar-refractivity contribution in [1.82, 2.24) is 0 Å². The van der Waals surface area contributed by atoms with Gasteiger partial charge in [-0.05, 0) is 36.6 Å². The van der Waals surface area contributed by atoms with Crippen molar-refractivity contribution in [3.05, 3.63) is 52.5 Å².